The highest BCUT2D eigenvalue weighted by Gasteiger charge is 2.49. The topological polar surface area (TPSA) is 43.4 Å². The summed E-state index contributed by atoms with van der Waals surface area (Å²) in [4.78, 5) is 0. The van der Waals surface area contributed by atoms with Gasteiger partial charge in [0.1, 0.15) is 0 Å². The van der Waals surface area contributed by atoms with Crippen molar-refractivity contribution in [2.24, 2.45) is 0 Å². The third-order valence-corrected chi connectivity index (χ3v) is 10.5. The van der Waals surface area contributed by atoms with Gasteiger partial charge >= 0.3 is 15.6 Å². The van der Waals surface area contributed by atoms with E-state index in [1.165, 1.54) is 0 Å². The van der Waals surface area contributed by atoms with Crippen molar-refractivity contribution in [3.05, 3.63) is 133 Å². The molecule has 0 amide bonds. The summed E-state index contributed by atoms with van der Waals surface area (Å²) in [5.41, 5.74) is -4.37. The van der Waals surface area contributed by atoms with Crippen LogP contribution >= 0.6 is 7.92 Å². The van der Waals surface area contributed by atoms with Crippen LogP contribution in [0.5, 0.6) is 5.75 Å². The van der Waals surface area contributed by atoms with E-state index in [1.54, 1.807) is 25.1 Å². The molecule has 6 aromatic rings. The number of hydrogen-bond donors (Lipinski definition) is 0. The standard InChI is InChI=1S/C34H24F3O3PS/c1-23-22-25-13-9-11-19-29(25)32(33(23)40-42(38,39)34(35,36)37)31-28-18-10-8-12-24(28)20-21-30(31)41(26-14-4-2-5-15-26)27-16-6-3-7-17-27/h2-22H,1H3. The van der Waals surface area contributed by atoms with E-state index in [9.17, 15) is 21.6 Å². The summed E-state index contributed by atoms with van der Waals surface area (Å²) in [5.74, 6) is -0.334. The molecule has 3 nitrogen and oxygen atoms in total. The number of alkyl halides is 3. The lowest BCUT2D eigenvalue weighted by Crippen LogP contribution is -2.28. The second-order valence-electron chi connectivity index (χ2n) is 9.79. The zero-order valence-corrected chi connectivity index (χ0v) is 24.0. The minimum atomic E-state index is -5.96. The smallest absolute Gasteiger partial charge is 0.375 e. The Kier molecular flexibility index (Phi) is 7.25. The van der Waals surface area contributed by atoms with Crippen molar-refractivity contribution < 1.29 is 25.8 Å². The first-order valence-corrected chi connectivity index (χ1v) is 15.9. The molecule has 6 aromatic carbocycles. The van der Waals surface area contributed by atoms with Gasteiger partial charge in [-0.15, -0.1) is 0 Å². The Hall–Kier alpha value is -4.19. The van der Waals surface area contributed by atoms with Gasteiger partial charge in [0.25, 0.3) is 0 Å². The summed E-state index contributed by atoms with van der Waals surface area (Å²) in [6.07, 6.45) is 0. The number of aryl methyl sites for hydroxylation is 1. The molecule has 0 fully saturated rings. The minimum Gasteiger partial charge on any atom is -0.375 e. The number of rotatable bonds is 6. The van der Waals surface area contributed by atoms with E-state index < -0.39 is 23.5 Å². The van der Waals surface area contributed by atoms with Crippen molar-refractivity contribution in [3.8, 4) is 16.9 Å². The lowest BCUT2D eigenvalue weighted by molar-refractivity contribution is -0.0500. The molecule has 0 unspecified atom stereocenters. The van der Waals surface area contributed by atoms with E-state index >= 15 is 0 Å². The first kappa shape index (κ1) is 28.0. The molecule has 0 heterocycles. The normalized spacial score (nSPS) is 12.2. The summed E-state index contributed by atoms with van der Waals surface area (Å²) in [7, 11) is -7.18. The van der Waals surface area contributed by atoms with Gasteiger partial charge in [0.05, 0.1) is 0 Å². The Morgan fingerprint density at radius 3 is 1.69 bits per heavy atom. The fraction of sp³-hybridized carbons (Fsp3) is 0.0588. The van der Waals surface area contributed by atoms with Crippen molar-refractivity contribution in [2.75, 3.05) is 0 Å². The Morgan fingerprint density at radius 2 is 1.12 bits per heavy atom. The van der Waals surface area contributed by atoms with Gasteiger partial charge in [-0.05, 0) is 63.9 Å². The first-order chi connectivity index (χ1) is 20.2. The van der Waals surface area contributed by atoms with Crippen LogP contribution in [0.2, 0.25) is 0 Å². The third kappa shape index (κ3) is 5.04. The van der Waals surface area contributed by atoms with Gasteiger partial charge in [0.2, 0.25) is 0 Å². The van der Waals surface area contributed by atoms with Gasteiger partial charge < -0.3 is 4.18 Å². The average Bonchev–Trinajstić information content (AvgIpc) is 2.98. The van der Waals surface area contributed by atoms with E-state index in [0.29, 0.717) is 16.5 Å². The fourth-order valence-electron chi connectivity index (χ4n) is 5.27. The predicted molar refractivity (Wildman–Crippen MR) is 166 cm³/mol. The molecule has 0 N–H and O–H groups in total. The predicted octanol–water partition coefficient (Wildman–Crippen LogP) is 7.96. The molecule has 8 heteroatoms. The summed E-state index contributed by atoms with van der Waals surface area (Å²) < 4.78 is 71.1. The van der Waals surface area contributed by atoms with Gasteiger partial charge in [0.15, 0.2) is 5.75 Å². The van der Waals surface area contributed by atoms with Gasteiger partial charge in [-0.3, -0.25) is 0 Å². The average molecular weight is 601 g/mol. The number of halogens is 3. The monoisotopic (exact) mass is 600 g/mol. The number of hydrogen-bond acceptors (Lipinski definition) is 3. The molecule has 0 atom stereocenters. The summed E-state index contributed by atoms with van der Waals surface area (Å²) >= 11 is 0. The Morgan fingerprint density at radius 1 is 0.619 bits per heavy atom. The van der Waals surface area contributed by atoms with Crippen LogP contribution in [0, 0.1) is 6.92 Å². The van der Waals surface area contributed by atoms with Crippen molar-refractivity contribution in [1.82, 2.24) is 0 Å². The summed E-state index contributed by atoms with van der Waals surface area (Å²) in [6.45, 7) is 1.57. The second kappa shape index (κ2) is 10.9. The summed E-state index contributed by atoms with van der Waals surface area (Å²) in [5, 5.41) is 5.93. The molecule has 210 valence electrons. The maximum absolute atomic E-state index is 13.7. The van der Waals surface area contributed by atoms with Crippen LogP contribution in [0.3, 0.4) is 0 Å². The molecule has 0 aliphatic heterocycles. The number of fused-ring (bicyclic) bond motifs is 2. The van der Waals surface area contributed by atoms with Crippen LogP contribution < -0.4 is 20.1 Å². The molecule has 0 saturated carbocycles. The van der Waals surface area contributed by atoms with Crippen LogP contribution in [0.15, 0.2) is 127 Å². The number of benzene rings is 6. The Labute approximate surface area is 243 Å². The molecule has 0 radical (unpaired) electrons. The van der Waals surface area contributed by atoms with E-state index in [2.05, 4.69) is 0 Å². The summed E-state index contributed by atoms with van der Waals surface area (Å²) in [6, 6.07) is 40.4. The second-order valence-corrected chi connectivity index (χ2v) is 13.5. The van der Waals surface area contributed by atoms with Crippen LogP contribution in [-0.2, 0) is 10.1 Å². The van der Waals surface area contributed by atoms with Crippen molar-refractivity contribution >= 4 is 55.5 Å². The molecular weight excluding hydrogens is 576 g/mol. The molecule has 0 saturated heterocycles. The molecular formula is C34H24F3O3PS. The largest absolute Gasteiger partial charge is 0.534 e. The quantitative estimate of drug-likeness (QED) is 0.111. The Bertz CT molecular complexity index is 1990. The molecule has 42 heavy (non-hydrogen) atoms. The van der Waals surface area contributed by atoms with E-state index in [4.69, 9.17) is 4.18 Å². The first-order valence-electron chi connectivity index (χ1n) is 13.1. The zero-order chi connectivity index (χ0) is 29.5. The molecule has 0 aliphatic carbocycles. The highest BCUT2D eigenvalue weighted by molar-refractivity contribution is 7.88. The van der Waals surface area contributed by atoms with Gasteiger partial charge in [0, 0.05) is 11.1 Å². The van der Waals surface area contributed by atoms with Crippen LogP contribution in [-0.4, -0.2) is 13.9 Å². The van der Waals surface area contributed by atoms with Gasteiger partial charge in [-0.25, -0.2) is 0 Å². The van der Waals surface area contributed by atoms with Crippen LogP contribution in [0.25, 0.3) is 32.7 Å². The van der Waals surface area contributed by atoms with E-state index in [-0.39, 0.29) is 11.3 Å². The van der Waals surface area contributed by atoms with Crippen molar-refractivity contribution in [1.29, 1.82) is 0 Å². The fourth-order valence-corrected chi connectivity index (χ4v) is 8.28. The van der Waals surface area contributed by atoms with Crippen molar-refractivity contribution in [3.63, 3.8) is 0 Å². The lowest BCUT2D eigenvalue weighted by Gasteiger charge is -2.26. The SMILES string of the molecule is Cc1cc2ccccc2c(-c2c(P(c3ccccc3)c3ccccc3)ccc3ccccc23)c1OS(=O)(=O)C(F)(F)F. The van der Waals surface area contributed by atoms with Gasteiger partial charge in [-0.2, -0.15) is 21.6 Å². The molecule has 6 rings (SSSR count). The lowest BCUT2D eigenvalue weighted by atomic mass is 9.91. The van der Waals surface area contributed by atoms with Crippen molar-refractivity contribution in [2.45, 2.75) is 12.4 Å². The van der Waals surface area contributed by atoms with E-state index in [1.807, 2.05) is 109 Å². The Balaban J connectivity index is 1.78. The molecule has 0 aliphatic rings. The molecule has 0 spiro atoms. The van der Waals surface area contributed by atoms with Crippen LogP contribution in [0.4, 0.5) is 13.2 Å². The maximum Gasteiger partial charge on any atom is 0.534 e. The minimum absolute atomic E-state index is 0.277. The van der Waals surface area contributed by atoms with Gasteiger partial charge in [-0.1, -0.05) is 121 Å². The van der Waals surface area contributed by atoms with E-state index in [0.717, 1.165) is 32.1 Å². The third-order valence-electron chi connectivity index (χ3n) is 7.09. The highest BCUT2D eigenvalue weighted by Crippen LogP contribution is 2.47. The molecule has 0 aromatic heterocycles. The maximum atomic E-state index is 13.7. The van der Waals surface area contributed by atoms with Crippen LogP contribution in [0.1, 0.15) is 5.56 Å². The molecule has 0 bridgehead atoms. The highest BCUT2D eigenvalue weighted by atomic mass is 32.2. The zero-order valence-electron chi connectivity index (χ0n) is 22.3.